The van der Waals surface area contributed by atoms with Crippen LogP contribution in [0.3, 0.4) is 0 Å². The van der Waals surface area contributed by atoms with Gasteiger partial charge in [-0.15, -0.1) is 0 Å². The molecule has 4 rings (SSSR count). The average molecular weight is 546 g/mol. The third kappa shape index (κ3) is 6.91. The molecule has 1 fully saturated rings. The quantitative estimate of drug-likeness (QED) is 0.522. The van der Waals surface area contributed by atoms with Crippen molar-refractivity contribution in [3.8, 4) is 0 Å². The third-order valence-electron chi connectivity index (χ3n) is 6.30. The molecule has 0 aliphatic carbocycles. The van der Waals surface area contributed by atoms with E-state index in [1.165, 1.54) is 4.90 Å². The fourth-order valence-electron chi connectivity index (χ4n) is 4.39. The van der Waals surface area contributed by atoms with E-state index in [4.69, 9.17) is 9.47 Å². The molecule has 1 saturated heterocycles. The van der Waals surface area contributed by atoms with Gasteiger partial charge in [0.25, 0.3) is 0 Å². The number of hydrogen-bond donors (Lipinski definition) is 0. The summed E-state index contributed by atoms with van der Waals surface area (Å²) in [7, 11) is -3.69. The monoisotopic (exact) mass is 545 g/mol. The number of piperazine rings is 1. The van der Waals surface area contributed by atoms with Crippen molar-refractivity contribution in [3.63, 3.8) is 0 Å². The van der Waals surface area contributed by atoms with Crippen LogP contribution in [0.25, 0.3) is 0 Å². The SMILES string of the molecule is CC(C)(C)OC(=O)N1CCc2c(nc(S(C)(=O)=O)nc2N2CCN(C(=O)OCCc3ccccc3)CC2)C1. The van der Waals surface area contributed by atoms with Crippen LogP contribution in [-0.2, 0) is 38.7 Å². The predicted octanol–water partition coefficient (Wildman–Crippen LogP) is 2.67. The maximum atomic E-state index is 12.6. The number of hydrogen-bond acceptors (Lipinski definition) is 9. The smallest absolute Gasteiger partial charge is 0.410 e. The molecule has 38 heavy (non-hydrogen) atoms. The Morgan fingerprint density at radius 2 is 1.63 bits per heavy atom. The Balaban J connectivity index is 1.43. The van der Waals surface area contributed by atoms with Gasteiger partial charge >= 0.3 is 12.2 Å². The summed E-state index contributed by atoms with van der Waals surface area (Å²) in [5.74, 6) is 0.538. The number of ether oxygens (including phenoxy) is 2. The number of benzene rings is 1. The van der Waals surface area contributed by atoms with Crippen LogP contribution in [0, 0.1) is 0 Å². The minimum atomic E-state index is -3.69. The molecule has 1 aromatic heterocycles. The normalized spacial score (nSPS) is 16.2. The Labute approximate surface area is 223 Å². The van der Waals surface area contributed by atoms with E-state index in [1.807, 2.05) is 35.2 Å². The highest BCUT2D eigenvalue weighted by Gasteiger charge is 2.32. The van der Waals surface area contributed by atoms with Crippen LogP contribution in [0.4, 0.5) is 15.4 Å². The second-order valence-corrected chi connectivity index (χ2v) is 12.4. The van der Waals surface area contributed by atoms with Crippen LogP contribution in [0.15, 0.2) is 35.5 Å². The van der Waals surface area contributed by atoms with Gasteiger partial charge in [-0.25, -0.2) is 28.0 Å². The molecule has 0 saturated carbocycles. The lowest BCUT2D eigenvalue weighted by Gasteiger charge is -2.37. The van der Waals surface area contributed by atoms with Crippen LogP contribution < -0.4 is 4.90 Å². The zero-order valence-electron chi connectivity index (χ0n) is 22.3. The van der Waals surface area contributed by atoms with E-state index < -0.39 is 21.5 Å². The molecule has 2 aliphatic rings. The molecule has 0 unspecified atom stereocenters. The molecule has 0 radical (unpaired) electrons. The van der Waals surface area contributed by atoms with Gasteiger partial charge in [0.2, 0.25) is 15.0 Å². The number of amides is 2. The first-order valence-electron chi connectivity index (χ1n) is 12.7. The maximum Gasteiger partial charge on any atom is 0.410 e. The summed E-state index contributed by atoms with van der Waals surface area (Å²) < 4.78 is 35.7. The Kier molecular flexibility index (Phi) is 8.10. The van der Waals surface area contributed by atoms with E-state index in [0.29, 0.717) is 63.7 Å². The van der Waals surface area contributed by atoms with Gasteiger partial charge in [-0.1, -0.05) is 30.3 Å². The summed E-state index contributed by atoms with van der Waals surface area (Å²) >= 11 is 0. The number of fused-ring (bicyclic) bond motifs is 1. The molecule has 2 amide bonds. The molecule has 1 aromatic carbocycles. The van der Waals surface area contributed by atoms with Crippen molar-refractivity contribution in [1.29, 1.82) is 0 Å². The van der Waals surface area contributed by atoms with E-state index in [2.05, 4.69) is 9.97 Å². The second-order valence-electron chi connectivity index (χ2n) is 10.5. The zero-order chi connectivity index (χ0) is 27.5. The largest absolute Gasteiger partial charge is 0.449 e. The van der Waals surface area contributed by atoms with Crippen molar-refractivity contribution in [2.75, 3.05) is 50.5 Å². The molecule has 0 N–H and O–H groups in total. The first kappa shape index (κ1) is 27.6. The molecule has 0 spiro atoms. The van der Waals surface area contributed by atoms with Crippen molar-refractivity contribution in [1.82, 2.24) is 19.8 Å². The van der Waals surface area contributed by atoms with Crippen LogP contribution in [0.2, 0.25) is 0 Å². The highest BCUT2D eigenvalue weighted by molar-refractivity contribution is 7.90. The molecule has 206 valence electrons. The Morgan fingerprint density at radius 3 is 2.26 bits per heavy atom. The molecule has 0 atom stereocenters. The van der Waals surface area contributed by atoms with Crippen molar-refractivity contribution >= 4 is 27.8 Å². The van der Waals surface area contributed by atoms with Gasteiger partial charge in [0.15, 0.2) is 0 Å². The molecule has 3 heterocycles. The number of carbonyl (C=O) groups is 2. The topological polar surface area (TPSA) is 122 Å². The number of sulfone groups is 1. The Morgan fingerprint density at radius 1 is 0.947 bits per heavy atom. The number of carbonyl (C=O) groups excluding carboxylic acids is 2. The van der Waals surface area contributed by atoms with E-state index in [0.717, 1.165) is 17.4 Å². The van der Waals surface area contributed by atoms with Crippen molar-refractivity contribution < 1.29 is 27.5 Å². The first-order chi connectivity index (χ1) is 17.9. The van der Waals surface area contributed by atoms with E-state index in [1.54, 1.807) is 25.7 Å². The van der Waals surface area contributed by atoms with E-state index in [9.17, 15) is 18.0 Å². The Hall–Kier alpha value is -3.41. The molecular weight excluding hydrogens is 510 g/mol. The van der Waals surface area contributed by atoms with Crippen molar-refractivity contribution in [2.45, 2.75) is 50.9 Å². The minimum absolute atomic E-state index is 0.135. The van der Waals surface area contributed by atoms with Gasteiger partial charge in [0.05, 0.1) is 18.8 Å². The lowest BCUT2D eigenvalue weighted by Crippen LogP contribution is -2.50. The summed E-state index contributed by atoms with van der Waals surface area (Å²) in [4.78, 5) is 39.1. The fourth-order valence-corrected chi connectivity index (χ4v) is 4.92. The summed E-state index contributed by atoms with van der Waals surface area (Å²) in [6, 6.07) is 9.83. The van der Waals surface area contributed by atoms with Crippen LogP contribution >= 0.6 is 0 Å². The number of nitrogens with zero attached hydrogens (tertiary/aromatic N) is 5. The summed E-state index contributed by atoms with van der Waals surface area (Å²) in [5.41, 5.74) is 1.77. The van der Waals surface area contributed by atoms with Crippen LogP contribution in [-0.4, -0.2) is 91.6 Å². The molecule has 2 aliphatic heterocycles. The standard InChI is InChI=1S/C26H35N5O6S/c1-26(2,3)37-25(33)31-12-10-20-21(18-31)27-23(38(4,34)35)28-22(20)29-13-15-30(16-14-29)24(32)36-17-11-19-8-6-5-7-9-19/h5-9H,10-18H2,1-4H3. The Bertz CT molecular complexity index is 1270. The van der Waals surface area contributed by atoms with Gasteiger partial charge in [0, 0.05) is 51.0 Å². The molecule has 12 heteroatoms. The van der Waals surface area contributed by atoms with Crippen LogP contribution in [0.1, 0.15) is 37.6 Å². The van der Waals surface area contributed by atoms with Gasteiger partial charge in [-0.05, 0) is 32.8 Å². The van der Waals surface area contributed by atoms with Crippen molar-refractivity contribution in [3.05, 3.63) is 47.2 Å². The molecule has 2 aromatic rings. The lowest BCUT2D eigenvalue weighted by atomic mass is 10.0. The van der Waals surface area contributed by atoms with Crippen molar-refractivity contribution in [2.24, 2.45) is 0 Å². The maximum absolute atomic E-state index is 12.6. The summed E-state index contributed by atoms with van der Waals surface area (Å²) in [5, 5.41) is -0.278. The zero-order valence-corrected chi connectivity index (χ0v) is 23.2. The summed E-state index contributed by atoms with van der Waals surface area (Å²) in [6.45, 7) is 8.00. The summed E-state index contributed by atoms with van der Waals surface area (Å²) in [6.07, 6.45) is 1.35. The number of aromatic nitrogens is 2. The van der Waals surface area contributed by atoms with E-state index in [-0.39, 0.29) is 17.8 Å². The van der Waals surface area contributed by atoms with Gasteiger partial charge in [0.1, 0.15) is 11.4 Å². The molecule has 0 bridgehead atoms. The van der Waals surface area contributed by atoms with E-state index >= 15 is 0 Å². The third-order valence-corrected chi connectivity index (χ3v) is 7.15. The molecular formula is C26H35N5O6S. The fraction of sp³-hybridized carbons (Fsp3) is 0.538. The number of rotatable bonds is 5. The highest BCUT2D eigenvalue weighted by Crippen LogP contribution is 2.29. The lowest BCUT2D eigenvalue weighted by molar-refractivity contribution is 0.0220. The average Bonchev–Trinajstić information content (AvgIpc) is 2.87. The van der Waals surface area contributed by atoms with Gasteiger partial charge in [-0.3, -0.25) is 0 Å². The van der Waals surface area contributed by atoms with Gasteiger partial charge < -0.3 is 24.2 Å². The minimum Gasteiger partial charge on any atom is -0.449 e. The second kappa shape index (κ2) is 11.1. The van der Waals surface area contributed by atoms with Gasteiger partial charge in [-0.2, -0.15) is 0 Å². The predicted molar refractivity (Wildman–Crippen MR) is 141 cm³/mol. The highest BCUT2D eigenvalue weighted by atomic mass is 32.2. The first-order valence-corrected chi connectivity index (χ1v) is 14.6. The molecule has 11 nitrogen and oxygen atoms in total. The number of anilines is 1. The van der Waals surface area contributed by atoms with Crippen LogP contribution in [0.5, 0.6) is 0 Å².